The maximum atomic E-state index is 11.5. The summed E-state index contributed by atoms with van der Waals surface area (Å²) < 4.78 is 0. The molecule has 0 spiro atoms. The van der Waals surface area contributed by atoms with Gasteiger partial charge >= 0.3 is 0 Å². The normalized spacial score (nSPS) is 26.3. The highest BCUT2D eigenvalue weighted by Gasteiger charge is 2.34. The van der Waals surface area contributed by atoms with Gasteiger partial charge in [-0.1, -0.05) is 51.9 Å². The van der Waals surface area contributed by atoms with Gasteiger partial charge in [-0.3, -0.25) is 4.79 Å². The number of hydrogen-bond donors (Lipinski definition) is 0. The predicted octanol–water partition coefficient (Wildman–Crippen LogP) is 4.11. The highest BCUT2D eigenvalue weighted by Crippen LogP contribution is 2.39. The molecule has 1 saturated heterocycles. The topological polar surface area (TPSA) is 17.1 Å². The van der Waals surface area contributed by atoms with Crippen molar-refractivity contribution in [2.45, 2.75) is 65.2 Å². The van der Waals surface area contributed by atoms with E-state index >= 15 is 0 Å². The maximum absolute atomic E-state index is 11.5. The van der Waals surface area contributed by atoms with E-state index in [-0.39, 0.29) is 5.41 Å². The third kappa shape index (κ3) is 3.75. The summed E-state index contributed by atoms with van der Waals surface area (Å²) in [6.07, 6.45) is 3.86. The Labute approximate surface area is 95.7 Å². The molecule has 88 valence electrons. The molecule has 0 aromatic heterocycles. The number of Topliss-reactive ketones (excluding diaryl/α,β-unsaturated/α-hetero) is 1. The highest BCUT2D eigenvalue weighted by molar-refractivity contribution is 6.77. The van der Waals surface area contributed by atoms with E-state index < -0.39 is 8.07 Å². The van der Waals surface area contributed by atoms with E-state index in [1.54, 1.807) is 6.92 Å². The maximum Gasteiger partial charge on any atom is 0.135 e. The van der Waals surface area contributed by atoms with Gasteiger partial charge in [0.15, 0.2) is 0 Å². The lowest BCUT2D eigenvalue weighted by Crippen LogP contribution is -2.35. The average molecular weight is 226 g/mol. The van der Waals surface area contributed by atoms with E-state index in [1.165, 1.54) is 24.9 Å². The van der Waals surface area contributed by atoms with Gasteiger partial charge in [-0.05, 0) is 19.3 Å². The molecular formula is C13H26OSi. The van der Waals surface area contributed by atoms with Crippen LogP contribution in [0.25, 0.3) is 0 Å². The quantitative estimate of drug-likeness (QED) is 0.662. The lowest BCUT2D eigenvalue weighted by molar-refractivity contribution is -0.125. The third-order valence-corrected chi connectivity index (χ3v) is 7.45. The van der Waals surface area contributed by atoms with Crippen LogP contribution in [-0.2, 0) is 4.79 Å². The number of ketones is 1. The molecule has 1 unspecified atom stereocenters. The minimum atomic E-state index is -0.899. The Morgan fingerprint density at radius 3 is 2.47 bits per heavy atom. The van der Waals surface area contributed by atoms with Gasteiger partial charge in [0, 0.05) is 13.5 Å². The number of rotatable bonds is 3. The first-order chi connectivity index (χ1) is 6.73. The molecule has 0 aromatic carbocycles. The van der Waals surface area contributed by atoms with Crippen LogP contribution in [0.5, 0.6) is 0 Å². The Morgan fingerprint density at radius 1 is 1.40 bits per heavy atom. The van der Waals surface area contributed by atoms with Crippen molar-refractivity contribution in [1.82, 2.24) is 0 Å². The Hall–Kier alpha value is -0.113. The summed E-state index contributed by atoms with van der Waals surface area (Å²) in [5.41, 5.74) is -0.0908. The summed E-state index contributed by atoms with van der Waals surface area (Å²) in [5.74, 6) is 1.17. The molecule has 0 radical (unpaired) electrons. The largest absolute Gasteiger partial charge is 0.299 e. The number of carbonyl (C=O) groups excluding carboxylic acids is 1. The summed E-state index contributed by atoms with van der Waals surface area (Å²) in [7, 11) is -0.899. The van der Waals surface area contributed by atoms with Gasteiger partial charge in [-0.2, -0.15) is 0 Å². The minimum Gasteiger partial charge on any atom is -0.299 e. The summed E-state index contributed by atoms with van der Waals surface area (Å²) in [5, 5.41) is 0. The molecule has 1 atom stereocenters. The monoisotopic (exact) mass is 226 g/mol. The van der Waals surface area contributed by atoms with E-state index in [2.05, 4.69) is 26.9 Å². The fourth-order valence-corrected chi connectivity index (χ4v) is 6.17. The molecule has 2 heteroatoms. The highest BCUT2D eigenvalue weighted by atomic mass is 28.3. The molecule has 1 heterocycles. The summed E-state index contributed by atoms with van der Waals surface area (Å²) in [6, 6.07) is 2.92. The van der Waals surface area contributed by atoms with Crippen molar-refractivity contribution in [3.05, 3.63) is 0 Å². The second-order valence-corrected chi connectivity index (χ2v) is 12.0. The molecule has 0 saturated carbocycles. The molecule has 1 nitrogen and oxygen atoms in total. The zero-order valence-corrected chi connectivity index (χ0v) is 12.0. The Bertz CT molecular complexity index is 243. The van der Waals surface area contributed by atoms with E-state index in [0.717, 1.165) is 12.3 Å². The van der Waals surface area contributed by atoms with Crippen molar-refractivity contribution in [1.29, 1.82) is 0 Å². The van der Waals surface area contributed by atoms with E-state index in [0.29, 0.717) is 5.78 Å². The zero-order chi connectivity index (χ0) is 11.7. The zero-order valence-electron chi connectivity index (χ0n) is 11.0. The van der Waals surface area contributed by atoms with Crippen molar-refractivity contribution >= 4 is 13.9 Å². The second-order valence-electron chi connectivity index (χ2n) is 6.77. The average Bonchev–Trinajstić information content (AvgIpc) is 2.00. The lowest BCUT2D eigenvalue weighted by Gasteiger charge is -2.37. The smallest absolute Gasteiger partial charge is 0.135 e. The molecule has 1 aliphatic heterocycles. The van der Waals surface area contributed by atoms with Crippen LogP contribution in [0.4, 0.5) is 0 Å². The molecule has 0 aromatic rings. The van der Waals surface area contributed by atoms with Crippen LogP contribution in [-0.4, -0.2) is 13.9 Å². The molecule has 1 fully saturated rings. The van der Waals surface area contributed by atoms with Crippen molar-refractivity contribution in [2.75, 3.05) is 0 Å². The molecule has 0 amide bonds. The van der Waals surface area contributed by atoms with Gasteiger partial charge in [-0.15, -0.1) is 0 Å². The van der Waals surface area contributed by atoms with Gasteiger partial charge in [-0.25, -0.2) is 0 Å². The van der Waals surface area contributed by atoms with Gasteiger partial charge in [0.05, 0.1) is 0 Å². The summed E-state index contributed by atoms with van der Waals surface area (Å²) >= 11 is 0. The molecule has 0 bridgehead atoms. The summed E-state index contributed by atoms with van der Waals surface area (Å²) in [4.78, 5) is 11.5. The van der Waals surface area contributed by atoms with Crippen LogP contribution in [0.1, 0.15) is 40.0 Å². The van der Waals surface area contributed by atoms with Crippen LogP contribution in [0.2, 0.25) is 25.2 Å². The van der Waals surface area contributed by atoms with Crippen LogP contribution in [0.15, 0.2) is 0 Å². The minimum absolute atomic E-state index is 0.0908. The van der Waals surface area contributed by atoms with E-state index in [9.17, 15) is 4.79 Å². The van der Waals surface area contributed by atoms with Crippen molar-refractivity contribution in [2.24, 2.45) is 11.3 Å². The van der Waals surface area contributed by atoms with Crippen LogP contribution >= 0.6 is 0 Å². The van der Waals surface area contributed by atoms with Gasteiger partial charge in [0.25, 0.3) is 0 Å². The van der Waals surface area contributed by atoms with Gasteiger partial charge in [0.1, 0.15) is 5.78 Å². The first-order valence-electron chi connectivity index (χ1n) is 6.24. The molecule has 0 aliphatic carbocycles. The Balaban J connectivity index is 2.55. The first kappa shape index (κ1) is 13.0. The van der Waals surface area contributed by atoms with Gasteiger partial charge < -0.3 is 0 Å². The van der Waals surface area contributed by atoms with Crippen molar-refractivity contribution < 1.29 is 4.79 Å². The second kappa shape index (κ2) is 4.40. The Morgan fingerprint density at radius 2 is 2.00 bits per heavy atom. The first-order valence-corrected chi connectivity index (χ1v) is 9.65. The van der Waals surface area contributed by atoms with Crippen LogP contribution in [0, 0.1) is 11.3 Å². The fraction of sp³-hybridized carbons (Fsp3) is 0.923. The fourth-order valence-electron chi connectivity index (χ4n) is 2.89. The molecular weight excluding hydrogens is 200 g/mol. The van der Waals surface area contributed by atoms with Gasteiger partial charge in [0.2, 0.25) is 0 Å². The van der Waals surface area contributed by atoms with Crippen molar-refractivity contribution in [3.63, 3.8) is 0 Å². The molecule has 0 N–H and O–H groups in total. The lowest BCUT2D eigenvalue weighted by atomic mass is 9.79. The molecule has 15 heavy (non-hydrogen) atoms. The van der Waals surface area contributed by atoms with Crippen LogP contribution in [0.3, 0.4) is 0 Å². The number of carbonyl (C=O) groups is 1. The number of hydrogen-bond acceptors (Lipinski definition) is 1. The predicted molar refractivity (Wildman–Crippen MR) is 68.9 cm³/mol. The molecule has 1 rings (SSSR count). The van der Waals surface area contributed by atoms with E-state index in [4.69, 9.17) is 0 Å². The third-order valence-electron chi connectivity index (χ3n) is 4.06. The van der Waals surface area contributed by atoms with E-state index in [1.807, 2.05) is 0 Å². The Kier molecular flexibility index (Phi) is 3.80. The standard InChI is InChI=1S/C13H26OSi/c1-11(14)13(2,3)9-12-7-6-8-15(4,5)10-12/h12H,6-10H2,1-5H3. The molecule has 1 aliphatic rings. The van der Waals surface area contributed by atoms with Crippen LogP contribution < -0.4 is 0 Å². The van der Waals surface area contributed by atoms with Crippen molar-refractivity contribution in [3.8, 4) is 0 Å². The SMILES string of the molecule is CC(=O)C(C)(C)CC1CCC[Si](C)(C)C1. The summed E-state index contributed by atoms with van der Waals surface area (Å²) in [6.45, 7) is 11.0.